The number of thiazole rings is 1. The number of carbonyl (C=O) groups is 1. The third kappa shape index (κ3) is 4.24. The number of benzene rings is 3. The Kier molecular flexibility index (Phi) is 6.77. The summed E-state index contributed by atoms with van der Waals surface area (Å²) in [5, 5.41) is 11.8. The summed E-state index contributed by atoms with van der Waals surface area (Å²) in [6.07, 6.45) is 1.71. The number of hydrogen-bond acceptors (Lipinski definition) is 8. The van der Waals surface area contributed by atoms with Crippen molar-refractivity contribution in [2.45, 2.75) is 19.9 Å². The van der Waals surface area contributed by atoms with Gasteiger partial charge in [0.25, 0.3) is 5.56 Å². The lowest BCUT2D eigenvalue weighted by atomic mass is 9.90. The molecule has 5 rings (SSSR count). The zero-order chi connectivity index (χ0) is 27.0. The molecule has 9 heteroatoms. The second kappa shape index (κ2) is 10.2. The van der Waals surface area contributed by atoms with Crippen molar-refractivity contribution in [3.05, 3.63) is 96.7 Å². The highest BCUT2D eigenvalue weighted by molar-refractivity contribution is 7.07. The van der Waals surface area contributed by atoms with Gasteiger partial charge in [-0.3, -0.25) is 9.36 Å². The molecule has 194 valence electrons. The largest absolute Gasteiger partial charge is 0.504 e. The van der Waals surface area contributed by atoms with Crippen LogP contribution in [-0.2, 0) is 9.53 Å². The summed E-state index contributed by atoms with van der Waals surface area (Å²) in [4.78, 5) is 32.4. The molecular formula is C29H26N2O6S. The van der Waals surface area contributed by atoms with Crippen LogP contribution in [0.25, 0.3) is 16.8 Å². The van der Waals surface area contributed by atoms with E-state index in [-0.39, 0.29) is 23.5 Å². The van der Waals surface area contributed by atoms with Crippen molar-refractivity contribution < 1.29 is 24.1 Å². The molecular weight excluding hydrogens is 504 g/mol. The standard InChI is InChI=1S/C29H26N2O6S/c1-5-37-28(34)24-16(2)30-29-31(26(24)25-19-9-7-6-8-18(19)11-13-21(25)35-3)27(33)23(38-29)15-17-10-12-20(32)22(14-17)36-4/h6-15,26,32H,5H2,1-4H3/b23-15+/t26-/m1/s1. The van der Waals surface area contributed by atoms with Gasteiger partial charge >= 0.3 is 5.97 Å². The average molecular weight is 531 g/mol. The fraction of sp³-hybridized carbons (Fsp3) is 0.207. The van der Waals surface area contributed by atoms with Crippen molar-refractivity contribution in [1.82, 2.24) is 4.57 Å². The van der Waals surface area contributed by atoms with E-state index < -0.39 is 12.0 Å². The molecule has 0 fully saturated rings. The summed E-state index contributed by atoms with van der Waals surface area (Å²) >= 11 is 1.22. The van der Waals surface area contributed by atoms with Crippen LogP contribution in [0.1, 0.15) is 31.0 Å². The first-order valence-electron chi connectivity index (χ1n) is 12.0. The van der Waals surface area contributed by atoms with E-state index in [0.29, 0.717) is 37.7 Å². The topological polar surface area (TPSA) is 99.4 Å². The molecule has 0 amide bonds. The number of rotatable bonds is 6. The average Bonchev–Trinajstić information content (AvgIpc) is 3.22. The van der Waals surface area contributed by atoms with E-state index in [1.54, 1.807) is 39.2 Å². The first-order chi connectivity index (χ1) is 18.4. The third-order valence-corrected chi connectivity index (χ3v) is 7.43. The Hall–Kier alpha value is -4.37. The fourth-order valence-corrected chi connectivity index (χ4v) is 5.78. The van der Waals surface area contributed by atoms with Crippen LogP contribution in [0, 0.1) is 0 Å². The molecule has 8 nitrogen and oxygen atoms in total. The smallest absolute Gasteiger partial charge is 0.338 e. The zero-order valence-electron chi connectivity index (χ0n) is 21.3. The van der Waals surface area contributed by atoms with E-state index >= 15 is 0 Å². The number of aromatic hydroxyl groups is 1. The number of phenolic OH excluding ortho intramolecular Hbond substituents is 1. The molecule has 0 saturated carbocycles. The Morgan fingerprint density at radius 3 is 2.61 bits per heavy atom. The molecule has 2 heterocycles. The van der Waals surface area contributed by atoms with Crippen molar-refractivity contribution in [1.29, 1.82) is 0 Å². The Bertz CT molecular complexity index is 1780. The van der Waals surface area contributed by atoms with Crippen LogP contribution in [0.4, 0.5) is 0 Å². The molecule has 0 unspecified atom stereocenters. The monoisotopic (exact) mass is 530 g/mol. The lowest BCUT2D eigenvalue weighted by Gasteiger charge is -2.27. The second-order valence-electron chi connectivity index (χ2n) is 8.64. The summed E-state index contributed by atoms with van der Waals surface area (Å²) in [5.41, 5.74) is 1.80. The molecule has 0 spiro atoms. The number of allylic oxidation sites excluding steroid dienone is 1. The molecule has 0 radical (unpaired) electrons. The van der Waals surface area contributed by atoms with Gasteiger partial charge < -0.3 is 19.3 Å². The number of hydrogen-bond donors (Lipinski definition) is 1. The van der Waals surface area contributed by atoms with Gasteiger partial charge in [0.05, 0.1) is 36.6 Å². The minimum absolute atomic E-state index is 0.00358. The van der Waals surface area contributed by atoms with Gasteiger partial charge in [-0.2, -0.15) is 0 Å². The molecule has 1 aromatic heterocycles. The first kappa shape index (κ1) is 25.3. The number of carbonyl (C=O) groups excluding carboxylic acids is 1. The third-order valence-electron chi connectivity index (χ3n) is 6.44. The van der Waals surface area contributed by atoms with E-state index in [4.69, 9.17) is 14.2 Å². The predicted octanol–water partition coefficient (Wildman–Crippen LogP) is 3.67. The molecule has 1 aliphatic rings. The van der Waals surface area contributed by atoms with Crippen molar-refractivity contribution in [2.24, 2.45) is 4.99 Å². The molecule has 1 aliphatic heterocycles. The number of esters is 1. The van der Waals surface area contributed by atoms with Gasteiger partial charge in [-0.1, -0.05) is 47.7 Å². The van der Waals surface area contributed by atoms with Crippen molar-refractivity contribution >= 4 is 34.2 Å². The van der Waals surface area contributed by atoms with Crippen LogP contribution in [0.3, 0.4) is 0 Å². The summed E-state index contributed by atoms with van der Waals surface area (Å²) in [5.74, 6) is 0.309. The van der Waals surface area contributed by atoms with Gasteiger partial charge in [0.1, 0.15) is 11.8 Å². The van der Waals surface area contributed by atoms with Crippen molar-refractivity contribution in [3.8, 4) is 17.2 Å². The zero-order valence-corrected chi connectivity index (χ0v) is 22.2. The minimum atomic E-state index is -0.817. The van der Waals surface area contributed by atoms with E-state index in [1.165, 1.54) is 29.1 Å². The highest BCUT2D eigenvalue weighted by Crippen LogP contribution is 2.40. The van der Waals surface area contributed by atoms with Crippen LogP contribution >= 0.6 is 11.3 Å². The Labute approximate surface area is 222 Å². The van der Waals surface area contributed by atoms with Gasteiger partial charge in [0.2, 0.25) is 0 Å². The minimum Gasteiger partial charge on any atom is -0.504 e. The van der Waals surface area contributed by atoms with Crippen LogP contribution in [-0.4, -0.2) is 36.5 Å². The Balaban J connectivity index is 1.83. The summed E-state index contributed by atoms with van der Waals surface area (Å²) in [6.45, 7) is 3.67. The van der Waals surface area contributed by atoms with E-state index in [0.717, 1.165) is 10.8 Å². The number of methoxy groups -OCH3 is 2. The highest BCUT2D eigenvalue weighted by Gasteiger charge is 2.36. The molecule has 0 bridgehead atoms. The van der Waals surface area contributed by atoms with Crippen LogP contribution < -0.4 is 24.4 Å². The molecule has 3 aromatic carbocycles. The number of ether oxygens (including phenoxy) is 3. The van der Waals surface area contributed by atoms with Crippen molar-refractivity contribution in [2.75, 3.05) is 20.8 Å². The normalized spacial score (nSPS) is 15.3. The molecule has 1 atom stereocenters. The van der Waals surface area contributed by atoms with E-state index in [2.05, 4.69) is 4.99 Å². The molecule has 1 N–H and O–H groups in total. The number of phenols is 1. The Morgan fingerprint density at radius 1 is 1.11 bits per heavy atom. The quantitative estimate of drug-likeness (QED) is 0.382. The maximum absolute atomic E-state index is 14.0. The molecule has 0 saturated heterocycles. The van der Waals surface area contributed by atoms with Gasteiger partial charge in [-0.15, -0.1) is 0 Å². The summed E-state index contributed by atoms with van der Waals surface area (Å²) in [6, 6.07) is 15.6. The maximum atomic E-state index is 14.0. The van der Waals surface area contributed by atoms with Gasteiger partial charge in [0, 0.05) is 5.56 Å². The maximum Gasteiger partial charge on any atom is 0.338 e. The fourth-order valence-electron chi connectivity index (χ4n) is 4.74. The highest BCUT2D eigenvalue weighted by atomic mass is 32.1. The lowest BCUT2D eigenvalue weighted by Crippen LogP contribution is -2.40. The van der Waals surface area contributed by atoms with Crippen LogP contribution in [0.2, 0.25) is 0 Å². The lowest BCUT2D eigenvalue weighted by molar-refractivity contribution is -0.139. The molecule has 38 heavy (non-hydrogen) atoms. The van der Waals surface area contributed by atoms with Crippen LogP contribution in [0.15, 0.2) is 75.7 Å². The van der Waals surface area contributed by atoms with Gasteiger partial charge in [-0.05, 0) is 54.5 Å². The molecule has 4 aromatic rings. The number of nitrogens with zero attached hydrogens (tertiary/aromatic N) is 2. The second-order valence-corrected chi connectivity index (χ2v) is 9.65. The number of aromatic nitrogens is 1. The number of fused-ring (bicyclic) bond motifs is 2. The first-order valence-corrected chi connectivity index (χ1v) is 12.8. The molecule has 0 aliphatic carbocycles. The van der Waals surface area contributed by atoms with Gasteiger partial charge in [0.15, 0.2) is 16.3 Å². The Morgan fingerprint density at radius 2 is 1.87 bits per heavy atom. The summed E-state index contributed by atoms with van der Waals surface area (Å²) in [7, 11) is 3.03. The van der Waals surface area contributed by atoms with E-state index in [9.17, 15) is 14.7 Å². The van der Waals surface area contributed by atoms with Crippen molar-refractivity contribution in [3.63, 3.8) is 0 Å². The van der Waals surface area contributed by atoms with E-state index in [1.807, 2.05) is 36.4 Å². The van der Waals surface area contributed by atoms with Crippen LogP contribution in [0.5, 0.6) is 17.2 Å². The van der Waals surface area contributed by atoms with Gasteiger partial charge in [-0.25, -0.2) is 9.79 Å². The SMILES string of the molecule is CCOC(=O)C1=C(C)N=c2s/c(=C/c3ccc(O)c(OC)c3)c(=O)n2[C@H]1c1c(OC)ccc2ccccc12. The summed E-state index contributed by atoms with van der Waals surface area (Å²) < 4.78 is 18.4. The predicted molar refractivity (Wildman–Crippen MR) is 146 cm³/mol.